The summed E-state index contributed by atoms with van der Waals surface area (Å²) in [6.45, 7) is 1.09. The number of rotatable bonds is 7. The van der Waals surface area contributed by atoms with Gasteiger partial charge in [0.15, 0.2) is 0 Å². The van der Waals surface area contributed by atoms with Crippen LogP contribution in [-0.2, 0) is 9.63 Å². The minimum Gasteiger partial charge on any atom is -0.478 e. The summed E-state index contributed by atoms with van der Waals surface area (Å²) >= 11 is 0. The van der Waals surface area contributed by atoms with E-state index in [4.69, 9.17) is 9.94 Å². The van der Waals surface area contributed by atoms with E-state index in [2.05, 4.69) is 5.16 Å². The van der Waals surface area contributed by atoms with Crippen LogP contribution in [0.25, 0.3) is 11.1 Å². The Bertz CT molecular complexity index is 1270. The average molecular weight is 447 g/mol. The van der Waals surface area contributed by atoms with Gasteiger partial charge in [-0.25, -0.2) is 4.79 Å². The van der Waals surface area contributed by atoms with Gasteiger partial charge in [-0.2, -0.15) is 0 Å². The second-order valence-electron chi connectivity index (χ2n) is 6.30. The Labute approximate surface area is 174 Å². The topological polar surface area (TPSA) is 231 Å². The normalized spacial score (nSPS) is 13.7. The third-order valence-electron chi connectivity index (χ3n) is 4.46. The van der Waals surface area contributed by atoms with Crippen molar-refractivity contribution in [3.8, 4) is 11.1 Å². The Kier molecular flexibility index (Phi) is 5.20. The summed E-state index contributed by atoms with van der Waals surface area (Å²) in [7, 11) is 0. The first-order valence-corrected chi connectivity index (χ1v) is 8.36. The average Bonchev–Trinajstić information content (AvgIpc) is 3.03. The fourth-order valence-corrected chi connectivity index (χ4v) is 3.09. The zero-order valence-electron chi connectivity index (χ0n) is 15.7. The smallest absolute Gasteiger partial charge is 0.354 e. The molecule has 1 aliphatic carbocycles. The second kappa shape index (κ2) is 7.67. The number of non-ortho nitro benzene ring substituents is 1. The van der Waals surface area contributed by atoms with E-state index in [1.54, 1.807) is 0 Å². The zero-order chi connectivity index (χ0) is 23.9. The molecule has 1 atom stereocenters. The molecular formula is C16H9N5O11. The maximum absolute atomic E-state index is 11.7. The molecule has 16 heteroatoms. The van der Waals surface area contributed by atoms with Crippen molar-refractivity contribution < 1.29 is 34.4 Å². The van der Waals surface area contributed by atoms with Gasteiger partial charge in [-0.05, 0) is 13.0 Å². The summed E-state index contributed by atoms with van der Waals surface area (Å²) in [4.78, 5) is 57.6. The Hall–Kier alpha value is -5.02. The van der Waals surface area contributed by atoms with Crippen LogP contribution in [0.1, 0.15) is 18.1 Å². The summed E-state index contributed by atoms with van der Waals surface area (Å²) in [5.74, 6) is -1.44. The quantitative estimate of drug-likeness (QED) is 0.408. The number of hydrogen-bond acceptors (Lipinski definition) is 11. The SMILES string of the molecule is CC(ON=C1c2cc([N+](=O)[O-])cc([N+](=O)[O-])c2-c2c1ccc([N+](=O)[O-])c2[N+](=O)[O-])C(=O)O. The van der Waals surface area contributed by atoms with Crippen molar-refractivity contribution in [3.05, 3.63) is 75.8 Å². The highest BCUT2D eigenvalue weighted by molar-refractivity contribution is 6.27. The highest BCUT2D eigenvalue weighted by Gasteiger charge is 2.43. The fourth-order valence-electron chi connectivity index (χ4n) is 3.09. The number of nitro benzene ring substituents is 4. The molecule has 2 aromatic carbocycles. The van der Waals surface area contributed by atoms with Crippen LogP contribution in [0.3, 0.4) is 0 Å². The lowest BCUT2D eigenvalue weighted by Crippen LogP contribution is -2.18. The van der Waals surface area contributed by atoms with Gasteiger partial charge in [0, 0.05) is 23.3 Å². The minimum absolute atomic E-state index is 0.238. The number of nitro groups is 4. The molecule has 0 saturated carbocycles. The van der Waals surface area contributed by atoms with E-state index < -0.39 is 71.4 Å². The molecule has 32 heavy (non-hydrogen) atoms. The maximum atomic E-state index is 11.7. The van der Waals surface area contributed by atoms with Crippen LogP contribution >= 0.6 is 0 Å². The lowest BCUT2D eigenvalue weighted by molar-refractivity contribution is -0.422. The van der Waals surface area contributed by atoms with Crippen LogP contribution in [0.2, 0.25) is 0 Å². The van der Waals surface area contributed by atoms with Gasteiger partial charge in [-0.1, -0.05) is 5.16 Å². The summed E-state index contributed by atoms with van der Waals surface area (Å²) in [6.07, 6.45) is -1.52. The molecule has 0 aliphatic heterocycles. The van der Waals surface area contributed by atoms with Gasteiger partial charge in [-0.3, -0.25) is 40.5 Å². The lowest BCUT2D eigenvalue weighted by Gasteiger charge is -2.06. The first kappa shape index (κ1) is 21.7. The number of oxime groups is 1. The van der Waals surface area contributed by atoms with Gasteiger partial charge in [0.1, 0.15) is 5.71 Å². The molecular weight excluding hydrogens is 438 g/mol. The van der Waals surface area contributed by atoms with Gasteiger partial charge in [0.05, 0.1) is 36.9 Å². The number of fused-ring (bicyclic) bond motifs is 3. The molecule has 16 nitrogen and oxygen atoms in total. The molecule has 0 amide bonds. The van der Waals surface area contributed by atoms with Crippen molar-refractivity contribution in [1.29, 1.82) is 0 Å². The molecule has 0 aromatic heterocycles. The standard InChI is InChI=1S/C16H9N5O11/c1-6(16(22)23)32-17-14-8-2-3-10(19(26)27)15(21(30)31)13(8)12-9(14)4-7(18(24)25)5-11(12)20(28)29/h2-6H,1H3,(H,22,23). The number of aliphatic carboxylic acids is 1. The van der Waals surface area contributed by atoms with Crippen molar-refractivity contribution >= 4 is 34.4 Å². The number of carboxylic acids is 1. The van der Waals surface area contributed by atoms with E-state index in [1.807, 2.05) is 0 Å². The Balaban J connectivity index is 2.49. The summed E-state index contributed by atoms with van der Waals surface area (Å²) in [6, 6.07) is 3.14. The van der Waals surface area contributed by atoms with Crippen molar-refractivity contribution in [1.82, 2.24) is 0 Å². The fraction of sp³-hybridized carbons (Fsp3) is 0.125. The zero-order valence-corrected chi connectivity index (χ0v) is 15.7. The van der Waals surface area contributed by atoms with Crippen LogP contribution in [0.5, 0.6) is 0 Å². The van der Waals surface area contributed by atoms with Gasteiger partial charge < -0.3 is 9.94 Å². The summed E-state index contributed by atoms with van der Waals surface area (Å²) in [5.41, 5.74) is -5.85. The molecule has 0 saturated heterocycles. The number of hydrogen-bond donors (Lipinski definition) is 1. The highest BCUT2D eigenvalue weighted by Crippen LogP contribution is 2.51. The van der Waals surface area contributed by atoms with E-state index in [0.717, 1.165) is 25.1 Å². The molecule has 0 spiro atoms. The van der Waals surface area contributed by atoms with E-state index in [-0.39, 0.29) is 11.1 Å². The monoisotopic (exact) mass is 447 g/mol. The Morgan fingerprint density at radius 2 is 1.53 bits per heavy atom. The molecule has 0 radical (unpaired) electrons. The van der Waals surface area contributed by atoms with Gasteiger partial charge in [0.25, 0.3) is 11.4 Å². The lowest BCUT2D eigenvalue weighted by atomic mass is 10.0. The van der Waals surface area contributed by atoms with Crippen LogP contribution in [0, 0.1) is 40.5 Å². The minimum atomic E-state index is -1.52. The molecule has 2 aromatic rings. The molecule has 1 N–H and O–H groups in total. The first-order valence-electron chi connectivity index (χ1n) is 8.36. The van der Waals surface area contributed by atoms with Crippen molar-refractivity contribution in [3.63, 3.8) is 0 Å². The predicted molar refractivity (Wildman–Crippen MR) is 102 cm³/mol. The van der Waals surface area contributed by atoms with Crippen molar-refractivity contribution in [2.24, 2.45) is 5.16 Å². The molecule has 0 bridgehead atoms. The second-order valence-corrected chi connectivity index (χ2v) is 6.30. The largest absolute Gasteiger partial charge is 0.478 e. The van der Waals surface area contributed by atoms with Crippen LogP contribution in [-0.4, -0.2) is 42.6 Å². The van der Waals surface area contributed by atoms with E-state index in [9.17, 15) is 45.3 Å². The maximum Gasteiger partial charge on any atom is 0.354 e. The highest BCUT2D eigenvalue weighted by atomic mass is 16.7. The van der Waals surface area contributed by atoms with E-state index in [0.29, 0.717) is 6.07 Å². The Morgan fingerprint density at radius 3 is 2.03 bits per heavy atom. The number of carboxylic acid groups (broad SMARTS) is 1. The van der Waals surface area contributed by atoms with E-state index in [1.165, 1.54) is 0 Å². The number of carbonyl (C=O) groups is 1. The third-order valence-corrected chi connectivity index (χ3v) is 4.46. The molecule has 0 heterocycles. The van der Waals surface area contributed by atoms with Gasteiger partial charge in [0.2, 0.25) is 6.10 Å². The third kappa shape index (κ3) is 3.40. The summed E-state index contributed by atoms with van der Waals surface area (Å²) < 4.78 is 0. The number of nitrogens with zero attached hydrogens (tertiary/aromatic N) is 5. The Morgan fingerprint density at radius 1 is 0.906 bits per heavy atom. The summed E-state index contributed by atoms with van der Waals surface area (Å²) in [5, 5.41) is 58.5. The van der Waals surface area contributed by atoms with Crippen LogP contribution < -0.4 is 0 Å². The predicted octanol–water partition coefficient (Wildman–Crippen LogP) is 2.54. The first-order chi connectivity index (χ1) is 15.0. The molecule has 1 unspecified atom stereocenters. The van der Waals surface area contributed by atoms with Gasteiger partial charge >= 0.3 is 17.3 Å². The molecule has 164 valence electrons. The van der Waals surface area contributed by atoms with E-state index >= 15 is 0 Å². The van der Waals surface area contributed by atoms with Crippen molar-refractivity contribution in [2.75, 3.05) is 0 Å². The van der Waals surface area contributed by atoms with Gasteiger partial charge in [-0.15, -0.1) is 0 Å². The van der Waals surface area contributed by atoms with Crippen LogP contribution in [0.15, 0.2) is 29.4 Å². The molecule has 1 aliphatic rings. The van der Waals surface area contributed by atoms with Crippen LogP contribution in [0.4, 0.5) is 22.7 Å². The molecule has 0 fully saturated rings. The van der Waals surface area contributed by atoms with Crippen molar-refractivity contribution in [2.45, 2.75) is 13.0 Å². The molecule has 3 rings (SSSR count). The number of benzene rings is 2.